The molecule has 0 spiro atoms. The molecule has 0 radical (unpaired) electrons. The van der Waals surface area contributed by atoms with E-state index in [2.05, 4.69) is 10.4 Å². The SMILES string of the molecule is CNC(=O)CCn1cc(Cl)cn1. The second-order valence-electron chi connectivity index (χ2n) is 2.34. The molecule has 5 heteroatoms. The number of nitrogens with one attached hydrogen (secondary N) is 1. The predicted molar refractivity (Wildman–Crippen MR) is 45.9 cm³/mol. The van der Waals surface area contributed by atoms with Gasteiger partial charge in [0.05, 0.1) is 11.2 Å². The molecule has 1 amide bonds. The van der Waals surface area contributed by atoms with Gasteiger partial charge in [-0.15, -0.1) is 0 Å². The molecule has 1 aromatic heterocycles. The van der Waals surface area contributed by atoms with Crippen LogP contribution in [0, 0.1) is 0 Å². The van der Waals surface area contributed by atoms with Crippen molar-refractivity contribution in [3.05, 3.63) is 17.4 Å². The molecule has 1 rings (SSSR count). The maximum atomic E-state index is 10.8. The van der Waals surface area contributed by atoms with E-state index in [4.69, 9.17) is 11.6 Å². The van der Waals surface area contributed by atoms with E-state index in [1.165, 1.54) is 0 Å². The number of nitrogens with zero attached hydrogens (tertiary/aromatic N) is 2. The van der Waals surface area contributed by atoms with E-state index in [0.29, 0.717) is 18.0 Å². The Bertz CT molecular complexity index is 271. The molecule has 0 fully saturated rings. The van der Waals surface area contributed by atoms with Gasteiger partial charge in [-0.2, -0.15) is 5.10 Å². The molecule has 0 aliphatic rings. The summed E-state index contributed by atoms with van der Waals surface area (Å²) in [5.41, 5.74) is 0. The van der Waals surface area contributed by atoms with E-state index < -0.39 is 0 Å². The summed E-state index contributed by atoms with van der Waals surface area (Å²) < 4.78 is 1.64. The summed E-state index contributed by atoms with van der Waals surface area (Å²) in [7, 11) is 1.61. The van der Waals surface area contributed by atoms with Crippen LogP contribution in [0.5, 0.6) is 0 Å². The zero-order valence-electron chi connectivity index (χ0n) is 6.75. The van der Waals surface area contributed by atoms with Gasteiger partial charge in [-0.1, -0.05) is 11.6 Å². The second kappa shape index (κ2) is 4.11. The molecule has 12 heavy (non-hydrogen) atoms. The fourth-order valence-electron chi connectivity index (χ4n) is 0.802. The quantitative estimate of drug-likeness (QED) is 0.756. The second-order valence-corrected chi connectivity index (χ2v) is 2.78. The van der Waals surface area contributed by atoms with E-state index in [9.17, 15) is 4.79 Å². The van der Waals surface area contributed by atoms with Gasteiger partial charge in [0, 0.05) is 26.2 Å². The summed E-state index contributed by atoms with van der Waals surface area (Å²) in [6.45, 7) is 0.562. The zero-order chi connectivity index (χ0) is 8.97. The van der Waals surface area contributed by atoms with E-state index in [0.717, 1.165) is 0 Å². The van der Waals surface area contributed by atoms with Crippen LogP contribution in [0.1, 0.15) is 6.42 Å². The Balaban J connectivity index is 2.38. The molecular formula is C7H10ClN3O. The van der Waals surface area contributed by atoms with Gasteiger partial charge in [0.15, 0.2) is 0 Å². The monoisotopic (exact) mass is 187 g/mol. The third kappa shape index (κ3) is 2.54. The van der Waals surface area contributed by atoms with Crippen molar-refractivity contribution < 1.29 is 4.79 Å². The minimum atomic E-state index is 0.00150. The first-order valence-electron chi connectivity index (χ1n) is 3.61. The van der Waals surface area contributed by atoms with Crippen LogP contribution in [0.3, 0.4) is 0 Å². The Kier molecular flexibility index (Phi) is 3.10. The van der Waals surface area contributed by atoms with Crippen LogP contribution in [0.2, 0.25) is 5.02 Å². The lowest BCUT2D eigenvalue weighted by molar-refractivity contribution is -0.120. The number of rotatable bonds is 3. The Morgan fingerprint density at radius 2 is 2.58 bits per heavy atom. The standard InChI is InChI=1S/C7H10ClN3O/c1-9-7(12)2-3-11-5-6(8)4-10-11/h4-5H,2-3H2,1H3,(H,9,12). The van der Waals surface area contributed by atoms with Gasteiger partial charge in [0.25, 0.3) is 0 Å². The maximum Gasteiger partial charge on any atom is 0.221 e. The predicted octanol–water partition coefficient (Wildman–Crippen LogP) is 0.673. The van der Waals surface area contributed by atoms with Crippen molar-refractivity contribution in [1.82, 2.24) is 15.1 Å². The van der Waals surface area contributed by atoms with E-state index in [1.54, 1.807) is 24.1 Å². The van der Waals surface area contributed by atoms with Crippen molar-refractivity contribution in [2.24, 2.45) is 0 Å². The van der Waals surface area contributed by atoms with Crippen LogP contribution in [0.15, 0.2) is 12.4 Å². The number of halogens is 1. The molecule has 0 saturated heterocycles. The van der Waals surface area contributed by atoms with Gasteiger partial charge in [-0.05, 0) is 0 Å². The van der Waals surface area contributed by atoms with Gasteiger partial charge in [-0.25, -0.2) is 0 Å². The Morgan fingerprint density at radius 1 is 1.83 bits per heavy atom. The molecule has 66 valence electrons. The molecule has 0 saturated carbocycles. The van der Waals surface area contributed by atoms with Crippen molar-refractivity contribution in [2.45, 2.75) is 13.0 Å². The third-order valence-corrected chi connectivity index (χ3v) is 1.64. The lowest BCUT2D eigenvalue weighted by Crippen LogP contribution is -2.19. The van der Waals surface area contributed by atoms with Crippen LogP contribution in [-0.4, -0.2) is 22.7 Å². The highest BCUT2D eigenvalue weighted by Gasteiger charge is 1.99. The summed E-state index contributed by atoms with van der Waals surface area (Å²) in [4.78, 5) is 10.8. The van der Waals surface area contributed by atoms with E-state index in [-0.39, 0.29) is 5.91 Å². The smallest absolute Gasteiger partial charge is 0.221 e. The highest BCUT2D eigenvalue weighted by molar-refractivity contribution is 6.30. The van der Waals surface area contributed by atoms with E-state index in [1.807, 2.05) is 0 Å². The summed E-state index contributed by atoms with van der Waals surface area (Å²) in [5, 5.41) is 7.05. The normalized spacial score (nSPS) is 9.83. The first-order chi connectivity index (χ1) is 5.72. The largest absolute Gasteiger partial charge is 0.359 e. The number of carbonyl (C=O) groups is 1. The lowest BCUT2D eigenvalue weighted by atomic mass is 10.4. The highest BCUT2D eigenvalue weighted by Crippen LogP contribution is 2.04. The molecule has 0 unspecified atom stereocenters. The first-order valence-corrected chi connectivity index (χ1v) is 3.98. The number of hydrogen-bond donors (Lipinski definition) is 1. The number of hydrogen-bond acceptors (Lipinski definition) is 2. The summed E-state index contributed by atoms with van der Waals surface area (Å²) in [6.07, 6.45) is 3.66. The molecule has 1 heterocycles. The molecule has 0 bridgehead atoms. The minimum absolute atomic E-state index is 0.00150. The van der Waals surface area contributed by atoms with Crippen molar-refractivity contribution in [2.75, 3.05) is 7.05 Å². The van der Waals surface area contributed by atoms with Gasteiger partial charge in [0.2, 0.25) is 5.91 Å². The van der Waals surface area contributed by atoms with Crippen molar-refractivity contribution >= 4 is 17.5 Å². The molecule has 0 aromatic carbocycles. The number of aromatic nitrogens is 2. The lowest BCUT2D eigenvalue weighted by Gasteiger charge is -1.99. The fourth-order valence-corrected chi connectivity index (χ4v) is 0.958. The molecular weight excluding hydrogens is 178 g/mol. The Labute approximate surface area is 75.5 Å². The van der Waals surface area contributed by atoms with Gasteiger partial charge in [0.1, 0.15) is 0 Å². The van der Waals surface area contributed by atoms with Crippen LogP contribution >= 0.6 is 11.6 Å². The summed E-state index contributed by atoms with van der Waals surface area (Å²) in [6, 6.07) is 0. The topological polar surface area (TPSA) is 46.9 Å². The molecule has 0 atom stereocenters. The van der Waals surface area contributed by atoms with E-state index >= 15 is 0 Å². The summed E-state index contributed by atoms with van der Waals surface area (Å²) >= 11 is 5.63. The molecule has 1 N–H and O–H groups in total. The molecule has 1 aromatic rings. The average molecular weight is 188 g/mol. The minimum Gasteiger partial charge on any atom is -0.359 e. The summed E-state index contributed by atoms with van der Waals surface area (Å²) in [5.74, 6) is 0.00150. The zero-order valence-corrected chi connectivity index (χ0v) is 7.51. The molecule has 4 nitrogen and oxygen atoms in total. The fraction of sp³-hybridized carbons (Fsp3) is 0.429. The van der Waals surface area contributed by atoms with Crippen LogP contribution in [-0.2, 0) is 11.3 Å². The van der Waals surface area contributed by atoms with Crippen LogP contribution in [0.4, 0.5) is 0 Å². The molecule has 0 aliphatic carbocycles. The Morgan fingerprint density at radius 3 is 3.08 bits per heavy atom. The number of carbonyl (C=O) groups excluding carboxylic acids is 1. The highest BCUT2D eigenvalue weighted by atomic mass is 35.5. The van der Waals surface area contributed by atoms with Crippen molar-refractivity contribution in [3.63, 3.8) is 0 Å². The third-order valence-electron chi connectivity index (χ3n) is 1.45. The van der Waals surface area contributed by atoms with Crippen molar-refractivity contribution in [1.29, 1.82) is 0 Å². The van der Waals surface area contributed by atoms with Gasteiger partial charge >= 0.3 is 0 Å². The van der Waals surface area contributed by atoms with Crippen LogP contribution < -0.4 is 5.32 Å². The number of amides is 1. The molecule has 0 aliphatic heterocycles. The average Bonchev–Trinajstić information content (AvgIpc) is 2.47. The number of aryl methyl sites for hydroxylation is 1. The van der Waals surface area contributed by atoms with Gasteiger partial charge < -0.3 is 5.32 Å². The Hall–Kier alpha value is -1.03. The van der Waals surface area contributed by atoms with Crippen molar-refractivity contribution in [3.8, 4) is 0 Å². The van der Waals surface area contributed by atoms with Gasteiger partial charge in [-0.3, -0.25) is 9.48 Å². The first kappa shape index (κ1) is 9.06. The van der Waals surface area contributed by atoms with Crippen LogP contribution in [0.25, 0.3) is 0 Å². The maximum absolute atomic E-state index is 10.8.